The van der Waals surface area contributed by atoms with Crippen LogP contribution in [0.3, 0.4) is 0 Å². The molecule has 1 N–H and O–H groups in total. The molecule has 0 amide bonds. The van der Waals surface area contributed by atoms with Gasteiger partial charge in [0.2, 0.25) is 0 Å². The van der Waals surface area contributed by atoms with Crippen LogP contribution >= 0.6 is 15.9 Å². The number of para-hydroxylation sites is 1. The predicted octanol–water partition coefficient (Wildman–Crippen LogP) is 3.05. The average molecular weight is 294 g/mol. The summed E-state index contributed by atoms with van der Waals surface area (Å²) in [4.78, 5) is 0. The molecule has 0 saturated carbocycles. The normalized spacial score (nSPS) is 10.8. The third-order valence-corrected chi connectivity index (χ3v) is 3.34. The molecule has 0 spiro atoms. The number of hydrogen-bond acceptors (Lipinski definition) is 2. The third-order valence-electron chi connectivity index (χ3n) is 2.67. The van der Waals surface area contributed by atoms with Gasteiger partial charge >= 0.3 is 0 Å². The third kappa shape index (κ3) is 2.76. The Bertz CT molecular complexity index is 505. The van der Waals surface area contributed by atoms with Gasteiger partial charge in [0, 0.05) is 22.8 Å². The van der Waals surface area contributed by atoms with Crippen molar-refractivity contribution in [3.8, 4) is 5.69 Å². The van der Waals surface area contributed by atoms with E-state index in [1.165, 1.54) is 5.56 Å². The molecule has 1 aromatic carbocycles. The van der Waals surface area contributed by atoms with Crippen LogP contribution in [0.25, 0.3) is 5.69 Å². The van der Waals surface area contributed by atoms with Gasteiger partial charge in [-0.25, -0.2) is 4.68 Å². The highest BCUT2D eigenvalue weighted by atomic mass is 79.9. The molecule has 3 nitrogen and oxygen atoms in total. The van der Waals surface area contributed by atoms with Crippen LogP contribution in [0.4, 0.5) is 0 Å². The fourth-order valence-electron chi connectivity index (χ4n) is 1.69. The van der Waals surface area contributed by atoms with Crippen molar-refractivity contribution in [2.45, 2.75) is 20.4 Å². The maximum Gasteiger partial charge on any atom is 0.0787 e. The standard InChI is InChI=1S/C13H16BrN3/c1-3-15-8-11-9-17(16-10(11)2)13-7-5-4-6-12(13)14/h4-7,9,15H,3,8H2,1-2H3. The van der Waals surface area contributed by atoms with E-state index in [2.05, 4.69) is 39.5 Å². The SMILES string of the molecule is CCNCc1cn(-c2ccccc2Br)nc1C. The van der Waals surface area contributed by atoms with Gasteiger partial charge in [0.05, 0.1) is 11.4 Å². The van der Waals surface area contributed by atoms with Crippen molar-refractivity contribution in [1.29, 1.82) is 0 Å². The molecule has 17 heavy (non-hydrogen) atoms. The van der Waals surface area contributed by atoms with Gasteiger partial charge in [-0.15, -0.1) is 0 Å². The topological polar surface area (TPSA) is 29.9 Å². The van der Waals surface area contributed by atoms with Gasteiger partial charge in [0.15, 0.2) is 0 Å². The molecule has 0 aliphatic rings. The van der Waals surface area contributed by atoms with E-state index in [4.69, 9.17) is 0 Å². The molecule has 0 bridgehead atoms. The zero-order chi connectivity index (χ0) is 12.3. The van der Waals surface area contributed by atoms with Crippen molar-refractivity contribution in [2.24, 2.45) is 0 Å². The Morgan fingerprint density at radius 2 is 2.12 bits per heavy atom. The first-order valence-electron chi connectivity index (χ1n) is 5.73. The lowest BCUT2D eigenvalue weighted by Crippen LogP contribution is -2.11. The molecule has 2 rings (SSSR count). The lowest BCUT2D eigenvalue weighted by molar-refractivity contribution is 0.723. The first-order chi connectivity index (χ1) is 8.22. The molecule has 0 aliphatic heterocycles. The molecule has 2 aromatic rings. The minimum Gasteiger partial charge on any atom is -0.313 e. The van der Waals surface area contributed by atoms with Crippen molar-refractivity contribution in [3.63, 3.8) is 0 Å². The second-order valence-corrected chi connectivity index (χ2v) is 4.77. The molecule has 0 aliphatic carbocycles. The summed E-state index contributed by atoms with van der Waals surface area (Å²) < 4.78 is 2.98. The Kier molecular flexibility index (Phi) is 3.97. The van der Waals surface area contributed by atoms with Crippen LogP contribution < -0.4 is 5.32 Å². The zero-order valence-corrected chi connectivity index (χ0v) is 11.7. The second-order valence-electron chi connectivity index (χ2n) is 3.92. The highest BCUT2D eigenvalue weighted by Gasteiger charge is 2.07. The Labute approximate surface area is 110 Å². The maximum atomic E-state index is 4.54. The number of nitrogens with zero attached hydrogens (tertiary/aromatic N) is 2. The van der Waals surface area contributed by atoms with E-state index in [-0.39, 0.29) is 0 Å². The summed E-state index contributed by atoms with van der Waals surface area (Å²) in [6, 6.07) is 8.09. The summed E-state index contributed by atoms with van der Waals surface area (Å²) in [5, 5.41) is 7.86. The zero-order valence-electron chi connectivity index (χ0n) is 10.1. The summed E-state index contributed by atoms with van der Waals surface area (Å²) >= 11 is 3.54. The molecule has 0 atom stereocenters. The molecule has 1 heterocycles. The van der Waals surface area contributed by atoms with Crippen LogP contribution in [0.5, 0.6) is 0 Å². The molecular weight excluding hydrogens is 278 g/mol. The highest BCUT2D eigenvalue weighted by molar-refractivity contribution is 9.10. The number of hydrogen-bond donors (Lipinski definition) is 1. The first-order valence-corrected chi connectivity index (χ1v) is 6.52. The van der Waals surface area contributed by atoms with Crippen molar-refractivity contribution in [2.75, 3.05) is 6.54 Å². The van der Waals surface area contributed by atoms with E-state index in [0.717, 1.165) is 28.9 Å². The van der Waals surface area contributed by atoms with Crippen molar-refractivity contribution < 1.29 is 0 Å². The second kappa shape index (κ2) is 5.47. The van der Waals surface area contributed by atoms with Gasteiger partial charge in [-0.2, -0.15) is 5.10 Å². The minimum atomic E-state index is 0.868. The Balaban J connectivity index is 2.31. The Morgan fingerprint density at radius 1 is 1.35 bits per heavy atom. The van der Waals surface area contributed by atoms with Crippen LogP contribution in [0.1, 0.15) is 18.2 Å². The molecule has 0 saturated heterocycles. The number of halogens is 1. The monoisotopic (exact) mass is 293 g/mol. The summed E-state index contributed by atoms with van der Waals surface area (Å²) in [7, 11) is 0. The first kappa shape index (κ1) is 12.3. The molecule has 90 valence electrons. The molecule has 0 fully saturated rings. The molecule has 4 heteroatoms. The Hall–Kier alpha value is -1.13. The number of rotatable bonds is 4. The summed E-state index contributed by atoms with van der Waals surface area (Å²) in [5.74, 6) is 0. The van der Waals surface area contributed by atoms with Crippen molar-refractivity contribution in [1.82, 2.24) is 15.1 Å². The number of nitrogens with one attached hydrogen (secondary N) is 1. The molecule has 1 aromatic heterocycles. The van der Waals surface area contributed by atoms with Gasteiger partial charge in [-0.05, 0) is 41.5 Å². The van der Waals surface area contributed by atoms with Gasteiger partial charge in [0.25, 0.3) is 0 Å². The highest BCUT2D eigenvalue weighted by Crippen LogP contribution is 2.21. The van der Waals surface area contributed by atoms with Crippen molar-refractivity contribution in [3.05, 3.63) is 46.2 Å². The lowest BCUT2D eigenvalue weighted by atomic mass is 10.2. The van der Waals surface area contributed by atoms with E-state index < -0.39 is 0 Å². The van der Waals surface area contributed by atoms with Gasteiger partial charge in [0.1, 0.15) is 0 Å². The van der Waals surface area contributed by atoms with E-state index in [0.29, 0.717) is 0 Å². The Morgan fingerprint density at radius 3 is 2.82 bits per heavy atom. The van der Waals surface area contributed by atoms with Gasteiger partial charge in [-0.1, -0.05) is 19.1 Å². The van der Waals surface area contributed by atoms with Crippen LogP contribution in [-0.2, 0) is 6.54 Å². The van der Waals surface area contributed by atoms with Crippen LogP contribution in [0.15, 0.2) is 34.9 Å². The largest absolute Gasteiger partial charge is 0.313 e. The predicted molar refractivity (Wildman–Crippen MR) is 73.4 cm³/mol. The van der Waals surface area contributed by atoms with E-state index in [1.54, 1.807) is 0 Å². The fraction of sp³-hybridized carbons (Fsp3) is 0.308. The minimum absolute atomic E-state index is 0.868. The maximum absolute atomic E-state index is 4.54. The van der Waals surface area contributed by atoms with Crippen LogP contribution in [0.2, 0.25) is 0 Å². The smallest absolute Gasteiger partial charge is 0.0787 e. The number of aromatic nitrogens is 2. The van der Waals surface area contributed by atoms with Crippen molar-refractivity contribution >= 4 is 15.9 Å². The van der Waals surface area contributed by atoms with Crippen LogP contribution in [0, 0.1) is 6.92 Å². The van der Waals surface area contributed by atoms with E-state index >= 15 is 0 Å². The lowest BCUT2D eigenvalue weighted by Gasteiger charge is -2.03. The fourth-order valence-corrected chi connectivity index (χ4v) is 2.16. The summed E-state index contributed by atoms with van der Waals surface area (Å²) in [6.45, 7) is 5.99. The molecule has 0 radical (unpaired) electrons. The average Bonchev–Trinajstić information content (AvgIpc) is 2.68. The number of aryl methyl sites for hydroxylation is 1. The van der Waals surface area contributed by atoms with Gasteiger partial charge < -0.3 is 5.32 Å². The van der Waals surface area contributed by atoms with E-state index in [9.17, 15) is 0 Å². The molecule has 0 unspecified atom stereocenters. The van der Waals surface area contributed by atoms with Gasteiger partial charge in [-0.3, -0.25) is 0 Å². The molecular formula is C13H16BrN3. The summed E-state index contributed by atoms with van der Waals surface area (Å²) in [6.07, 6.45) is 2.08. The van der Waals surface area contributed by atoms with E-state index in [1.807, 2.05) is 35.9 Å². The quantitative estimate of drug-likeness (QED) is 0.939. The number of benzene rings is 1. The summed E-state index contributed by atoms with van der Waals surface area (Å²) in [5.41, 5.74) is 3.38. The van der Waals surface area contributed by atoms with Crippen LogP contribution in [-0.4, -0.2) is 16.3 Å².